The number of nitrogens with zero attached hydrogens (tertiary/aromatic N) is 1. The summed E-state index contributed by atoms with van der Waals surface area (Å²) in [7, 11) is 0. The van der Waals surface area contributed by atoms with E-state index in [4.69, 9.17) is 4.42 Å². The van der Waals surface area contributed by atoms with E-state index in [1.54, 1.807) is 12.1 Å². The number of halogens is 6. The number of fused-ring (bicyclic) bond motifs is 1. The van der Waals surface area contributed by atoms with E-state index in [1.165, 1.54) is 12.1 Å². The van der Waals surface area contributed by atoms with Gasteiger partial charge in [-0.1, -0.05) is 20.4 Å². The lowest BCUT2D eigenvalue weighted by Gasteiger charge is -2.32. The van der Waals surface area contributed by atoms with Crippen LogP contribution in [0.2, 0.25) is 0 Å². The Morgan fingerprint density at radius 3 is 2.42 bits per heavy atom. The van der Waals surface area contributed by atoms with Crippen LogP contribution in [-0.4, -0.2) is 41.1 Å². The summed E-state index contributed by atoms with van der Waals surface area (Å²) in [5, 5.41) is 0.642. The normalized spacial score (nSPS) is 12.7. The molecule has 0 spiro atoms. The standard InChI is InChI=1S/C25H23F6NO3S/c1-4-16-8-10-18(19(5-2)32-16)21-11-15-7-9-17(12-20(15)35-21)36-14-24(28,29)25(30,31)23(26,27)13-34-22(33)6-3/h6-12H,3-5,13-14H2,1-2H3. The van der Waals surface area contributed by atoms with Gasteiger partial charge in [-0.05, 0) is 49.2 Å². The van der Waals surface area contributed by atoms with E-state index in [2.05, 4.69) is 16.3 Å². The lowest BCUT2D eigenvalue weighted by Crippen LogP contribution is -2.57. The molecular formula is C25H23F6NO3S. The van der Waals surface area contributed by atoms with Gasteiger partial charge < -0.3 is 9.15 Å². The van der Waals surface area contributed by atoms with Crippen LogP contribution in [0.15, 0.2) is 58.4 Å². The maximum Gasteiger partial charge on any atom is 0.376 e. The van der Waals surface area contributed by atoms with Crippen LogP contribution in [-0.2, 0) is 22.4 Å². The van der Waals surface area contributed by atoms with Crippen molar-refractivity contribution >= 4 is 28.7 Å². The van der Waals surface area contributed by atoms with Crippen molar-refractivity contribution in [3.05, 3.63) is 60.4 Å². The van der Waals surface area contributed by atoms with Gasteiger partial charge in [0.1, 0.15) is 11.3 Å². The smallest absolute Gasteiger partial charge is 0.376 e. The third-order valence-corrected chi connectivity index (χ3v) is 6.48. The Labute approximate surface area is 207 Å². The van der Waals surface area contributed by atoms with Crippen LogP contribution < -0.4 is 0 Å². The van der Waals surface area contributed by atoms with Gasteiger partial charge in [-0.3, -0.25) is 4.98 Å². The molecule has 0 aliphatic rings. The average molecular weight is 532 g/mol. The Hall–Kier alpha value is -2.95. The first kappa shape index (κ1) is 27.6. The number of alkyl halides is 6. The number of benzene rings is 1. The number of rotatable bonds is 11. The Bertz CT molecular complexity index is 1260. The first-order valence-corrected chi connectivity index (χ1v) is 11.9. The van der Waals surface area contributed by atoms with E-state index in [-0.39, 0.29) is 16.7 Å². The first-order chi connectivity index (χ1) is 16.8. The molecule has 2 heterocycles. The summed E-state index contributed by atoms with van der Waals surface area (Å²) in [6, 6.07) is 9.85. The third kappa shape index (κ3) is 5.55. The predicted octanol–water partition coefficient (Wildman–Crippen LogP) is 7.35. The topological polar surface area (TPSA) is 52.3 Å². The van der Waals surface area contributed by atoms with E-state index in [0.717, 1.165) is 23.4 Å². The minimum Gasteiger partial charge on any atom is -0.456 e. The van der Waals surface area contributed by atoms with Gasteiger partial charge in [0.25, 0.3) is 0 Å². The van der Waals surface area contributed by atoms with Gasteiger partial charge in [-0.2, -0.15) is 26.3 Å². The first-order valence-electron chi connectivity index (χ1n) is 10.9. The fourth-order valence-electron chi connectivity index (χ4n) is 3.31. The summed E-state index contributed by atoms with van der Waals surface area (Å²) in [6.07, 6.45) is 1.88. The molecule has 1 aromatic carbocycles. The van der Waals surface area contributed by atoms with Gasteiger partial charge in [-0.25, -0.2) is 4.79 Å². The Balaban J connectivity index is 1.78. The molecule has 3 rings (SSSR count). The van der Waals surface area contributed by atoms with Gasteiger partial charge in [0.05, 0.1) is 11.4 Å². The number of carbonyl (C=O) groups is 1. The van der Waals surface area contributed by atoms with Crippen LogP contribution in [0.4, 0.5) is 26.3 Å². The molecule has 0 unspecified atom stereocenters. The van der Waals surface area contributed by atoms with Crippen molar-refractivity contribution in [3.63, 3.8) is 0 Å². The van der Waals surface area contributed by atoms with Crippen LogP contribution in [0, 0.1) is 0 Å². The molecule has 0 N–H and O–H groups in total. The van der Waals surface area contributed by atoms with E-state index >= 15 is 0 Å². The van der Waals surface area contributed by atoms with Crippen molar-refractivity contribution in [3.8, 4) is 11.3 Å². The van der Waals surface area contributed by atoms with Gasteiger partial charge in [0, 0.05) is 27.6 Å². The largest absolute Gasteiger partial charge is 0.456 e. The summed E-state index contributed by atoms with van der Waals surface area (Å²) in [4.78, 5) is 15.6. The Morgan fingerprint density at radius 1 is 1.06 bits per heavy atom. The quantitative estimate of drug-likeness (QED) is 0.112. The molecule has 4 nitrogen and oxygen atoms in total. The molecule has 0 saturated heterocycles. The van der Waals surface area contributed by atoms with E-state index in [1.807, 2.05) is 26.0 Å². The molecule has 11 heteroatoms. The zero-order chi connectivity index (χ0) is 26.7. The van der Waals surface area contributed by atoms with Crippen molar-refractivity contribution in [2.24, 2.45) is 0 Å². The third-order valence-electron chi connectivity index (χ3n) is 5.39. The highest BCUT2D eigenvalue weighted by Gasteiger charge is 2.71. The zero-order valence-corrected chi connectivity index (χ0v) is 20.2. The SMILES string of the molecule is C=CC(=O)OCC(F)(F)C(F)(F)C(F)(F)CSc1ccc2cc(-c3ccc(CC)nc3CC)oc2c1. The van der Waals surface area contributed by atoms with Crippen molar-refractivity contribution in [1.29, 1.82) is 0 Å². The van der Waals surface area contributed by atoms with Crippen LogP contribution in [0.25, 0.3) is 22.3 Å². The summed E-state index contributed by atoms with van der Waals surface area (Å²) < 4.78 is 94.0. The molecule has 0 bridgehead atoms. The summed E-state index contributed by atoms with van der Waals surface area (Å²) in [6.45, 7) is 4.65. The minimum atomic E-state index is -5.77. The van der Waals surface area contributed by atoms with Gasteiger partial charge >= 0.3 is 23.7 Å². The van der Waals surface area contributed by atoms with Crippen molar-refractivity contribution in [2.45, 2.75) is 49.4 Å². The highest BCUT2D eigenvalue weighted by Crippen LogP contribution is 2.48. The number of thioether (sulfide) groups is 1. The maximum absolute atomic E-state index is 14.2. The van der Waals surface area contributed by atoms with Crippen LogP contribution in [0.5, 0.6) is 0 Å². The Kier molecular flexibility index (Phi) is 8.12. The number of carbonyl (C=O) groups excluding carboxylic acids is 1. The van der Waals surface area contributed by atoms with Crippen LogP contribution in [0.3, 0.4) is 0 Å². The fourth-order valence-corrected chi connectivity index (χ4v) is 4.20. The highest BCUT2D eigenvalue weighted by molar-refractivity contribution is 7.99. The van der Waals surface area contributed by atoms with E-state index < -0.39 is 36.1 Å². The number of esters is 1. The molecule has 0 aliphatic heterocycles. The summed E-state index contributed by atoms with van der Waals surface area (Å²) in [5.41, 5.74) is 2.83. The molecule has 194 valence electrons. The number of aromatic nitrogens is 1. The molecule has 3 aromatic rings. The fraction of sp³-hybridized carbons (Fsp3) is 0.360. The average Bonchev–Trinajstić information content (AvgIpc) is 3.28. The molecule has 0 atom stereocenters. The molecule has 0 saturated carbocycles. The van der Waals surface area contributed by atoms with Crippen LogP contribution in [0.1, 0.15) is 25.2 Å². The molecule has 36 heavy (non-hydrogen) atoms. The number of aryl methyl sites for hydroxylation is 2. The molecular weight excluding hydrogens is 508 g/mol. The highest BCUT2D eigenvalue weighted by atomic mass is 32.2. The van der Waals surface area contributed by atoms with Crippen molar-refractivity contribution in [1.82, 2.24) is 4.98 Å². The second-order valence-corrected chi connectivity index (χ2v) is 8.95. The van der Waals surface area contributed by atoms with Gasteiger partial charge in [0.2, 0.25) is 0 Å². The minimum absolute atomic E-state index is 0.121. The number of hydrogen-bond donors (Lipinski definition) is 0. The predicted molar refractivity (Wildman–Crippen MR) is 125 cm³/mol. The van der Waals surface area contributed by atoms with Crippen LogP contribution >= 0.6 is 11.8 Å². The lowest BCUT2D eigenvalue weighted by molar-refractivity contribution is -0.309. The number of ether oxygens (including phenoxy) is 1. The lowest BCUT2D eigenvalue weighted by atomic mass is 10.1. The molecule has 2 aromatic heterocycles. The maximum atomic E-state index is 14.2. The molecule has 0 amide bonds. The van der Waals surface area contributed by atoms with Gasteiger partial charge in [-0.15, -0.1) is 11.8 Å². The number of hydrogen-bond acceptors (Lipinski definition) is 5. The second-order valence-electron chi connectivity index (χ2n) is 7.90. The number of pyridine rings is 1. The monoisotopic (exact) mass is 531 g/mol. The van der Waals surface area contributed by atoms with E-state index in [0.29, 0.717) is 29.2 Å². The zero-order valence-electron chi connectivity index (χ0n) is 19.4. The molecule has 0 fully saturated rings. The molecule has 0 radical (unpaired) electrons. The van der Waals surface area contributed by atoms with E-state index in [9.17, 15) is 31.1 Å². The van der Waals surface area contributed by atoms with Gasteiger partial charge in [0.15, 0.2) is 6.61 Å². The van der Waals surface area contributed by atoms with Crippen molar-refractivity contribution < 1.29 is 40.3 Å². The van der Waals surface area contributed by atoms with Crippen molar-refractivity contribution in [2.75, 3.05) is 12.4 Å². The summed E-state index contributed by atoms with van der Waals surface area (Å²) >= 11 is 0.272. The summed E-state index contributed by atoms with van der Waals surface area (Å²) in [5.74, 6) is -18.8. The molecule has 0 aliphatic carbocycles. The second kappa shape index (κ2) is 10.6. The Morgan fingerprint density at radius 2 is 1.78 bits per heavy atom. The number of furan rings is 1.